The van der Waals surface area contributed by atoms with Crippen LogP contribution in [-0.2, 0) is 4.79 Å². The molecule has 0 saturated heterocycles. The van der Waals surface area contributed by atoms with E-state index in [-0.39, 0.29) is 26.2 Å². The summed E-state index contributed by atoms with van der Waals surface area (Å²) in [5.74, 6) is -4.84. The highest BCUT2D eigenvalue weighted by Gasteiger charge is 2.41. The van der Waals surface area contributed by atoms with Crippen molar-refractivity contribution in [3.05, 3.63) is 0 Å². The molecule has 0 aliphatic rings. The van der Waals surface area contributed by atoms with Crippen molar-refractivity contribution in [2.45, 2.75) is 122 Å². The molecular weight excluding hydrogens is 416 g/mol. The Balaban J connectivity index is 0. The van der Waals surface area contributed by atoms with Gasteiger partial charge in [0.25, 0.3) is 5.79 Å². The predicted molar refractivity (Wildman–Crippen MR) is 125 cm³/mol. The molecule has 32 heavy (non-hydrogen) atoms. The highest BCUT2D eigenvalue weighted by atomic mass is 16.6. The molecule has 0 fully saturated rings. The van der Waals surface area contributed by atoms with Gasteiger partial charge in [0.05, 0.1) is 19.8 Å². The van der Waals surface area contributed by atoms with Crippen LogP contribution in [-0.4, -0.2) is 73.4 Å². The summed E-state index contributed by atoms with van der Waals surface area (Å²) in [6, 6.07) is 0. The number of unbranched alkanes of at least 4 members (excludes halogenated alkanes) is 12. The molecule has 0 saturated carbocycles. The van der Waals surface area contributed by atoms with E-state index < -0.39 is 23.3 Å². The Bertz CT molecular complexity index is 407. The van der Waals surface area contributed by atoms with Gasteiger partial charge in [-0.25, -0.2) is 4.79 Å². The van der Waals surface area contributed by atoms with Gasteiger partial charge in [-0.05, 0) is 12.8 Å². The van der Waals surface area contributed by atoms with Crippen LogP contribution in [0.3, 0.4) is 0 Å². The maximum atomic E-state index is 10.5. The Labute approximate surface area is 194 Å². The quantitative estimate of drug-likeness (QED) is 0.107. The molecule has 0 aliphatic carbocycles. The summed E-state index contributed by atoms with van der Waals surface area (Å²) >= 11 is 0. The topological polar surface area (TPSA) is 159 Å². The van der Waals surface area contributed by atoms with E-state index in [2.05, 4.69) is 6.92 Å². The standard InChI is InChI=1S/C18H36O5.C6H14O3/c1-2-3-4-5-6-7-8-9-10-11-12-13-14-15-16(19)18(22,23)17(20)21;1-2-6(3-7,4-8)5-9/h16,19,22-23H,2-15H2,1H3,(H,20,21);7-9H,2-5H2,1H3. The molecule has 0 rings (SSSR count). The second-order valence-electron chi connectivity index (χ2n) is 8.91. The van der Waals surface area contributed by atoms with Crippen LogP contribution in [0.25, 0.3) is 0 Å². The van der Waals surface area contributed by atoms with Gasteiger partial charge in [-0.1, -0.05) is 97.3 Å². The minimum atomic E-state index is -3.03. The van der Waals surface area contributed by atoms with Gasteiger partial charge in [-0.15, -0.1) is 0 Å². The van der Waals surface area contributed by atoms with Crippen molar-refractivity contribution in [1.82, 2.24) is 0 Å². The summed E-state index contributed by atoms with van der Waals surface area (Å²) in [6.45, 7) is 3.59. The number of rotatable bonds is 20. The Morgan fingerprint density at radius 1 is 0.688 bits per heavy atom. The number of hydrogen-bond acceptors (Lipinski definition) is 7. The number of hydrogen-bond donors (Lipinski definition) is 7. The molecule has 8 heteroatoms. The number of aliphatic hydroxyl groups excluding tert-OH is 4. The fourth-order valence-electron chi connectivity index (χ4n) is 3.18. The number of carboxylic acids is 1. The van der Waals surface area contributed by atoms with Crippen molar-refractivity contribution in [1.29, 1.82) is 0 Å². The lowest BCUT2D eigenvalue weighted by molar-refractivity contribution is -0.237. The summed E-state index contributed by atoms with van der Waals surface area (Å²) < 4.78 is 0. The molecular formula is C24H50O8. The maximum absolute atomic E-state index is 10.5. The normalized spacial score (nSPS) is 12.9. The second-order valence-corrected chi connectivity index (χ2v) is 8.91. The molecule has 0 aromatic rings. The zero-order valence-corrected chi connectivity index (χ0v) is 20.3. The van der Waals surface area contributed by atoms with Gasteiger partial charge in [0.2, 0.25) is 0 Å². The van der Waals surface area contributed by atoms with Crippen LogP contribution in [0.1, 0.15) is 110 Å². The first kappa shape index (κ1) is 33.4. The highest BCUT2D eigenvalue weighted by molar-refractivity contribution is 5.75. The van der Waals surface area contributed by atoms with Crippen LogP contribution in [0.5, 0.6) is 0 Å². The van der Waals surface area contributed by atoms with Gasteiger partial charge in [-0.3, -0.25) is 0 Å². The molecule has 0 spiro atoms. The van der Waals surface area contributed by atoms with E-state index in [4.69, 9.17) is 30.6 Å². The van der Waals surface area contributed by atoms with Crippen molar-refractivity contribution in [2.24, 2.45) is 5.41 Å². The molecule has 1 unspecified atom stereocenters. The molecule has 7 N–H and O–H groups in total. The van der Waals surface area contributed by atoms with Crippen LogP contribution in [0.15, 0.2) is 0 Å². The van der Waals surface area contributed by atoms with E-state index in [1.165, 1.54) is 57.8 Å². The molecule has 0 radical (unpaired) electrons. The van der Waals surface area contributed by atoms with Gasteiger partial charge in [0, 0.05) is 5.41 Å². The molecule has 0 aromatic carbocycles. The van der Waals surface area contributed by atoms with Crippen molar-refractivity contribution in [2.75, 3.05) is 19.8 Å². The van der Waals surface area contributed by atoms with Crippen LogP contribution < -0.4 is 0 Å². The van der Waals surface area contributed by atoms with Gasteiger partial charge in [-0.2, -0.15) is 0 Å². The smallest absolute Gasteiger partial charge is 0.366 e. The maximum Gasteiger partial charge on any atom is 0.366 e. The second kappa shape index (κ2) is 20.8. The van der Waals surface area contributed by atoms with Gasteiger partial charge >= 0.3 is 5.97 Å². The first-order valence-electron chi connectivity index (χ1n) is 12.4. The monoisotopic (exact) mass is 466 g/mol. The van der Waals surface area contributed by atoms with E-state index in [9.17, 15) is 9.90 Å². The third-order valence-electron chi connectivity index (χ3n) is 6.12. The Kier molecular flexibility index (Phi) is 21.7. The van der Waals surface area contributed by atoms with E-state index in [0.717, 1.165) is 19.3 Å². The SMILES string of the molecule is CCC(CO)(CO)CO.CCCCCCCCCCCCCCCC(O)C(O)(O)C(=O)O. The van der Waals surface area contributed by atoms with E-state index in [1.807, 2.05) is 6.92 Å². The van der Waals surface area contributed by atoms with Crippen molar-refractivity contribution in [3.63, 3.8) is 0 Å². The van der Waals surface area contributed by atoms with Crippen LogP contribution in [0.4, 0.5) is 0 Å². The van der Waals surface area contributed by atoms with Gasteiger partial charge in [0.1, 0.15) is 6.10 Å². The van der Waals surface area contributed by atoms with Crippen molar-refractivity contribution in [3.8, 4) is 0 Å². The average Bonchev–Trinajstić information content (AvgIpc) is 2.79. The first-order chi connectivity index (χ1) is 15.2. The Hall–Kier alpha value is -0.770. The summed E-state index contributed by atoms with van der Waals surface area (Å²) in [5, 5.41) is 62.3. The van der Waals surface area contributed by atoms with Crippen LogP contribution in [0.2, 0.25) is 0 Å². The van der Waals surface area contributed by atoms with Crippen LogP contribution in [0, 0.1) is 5.41 Å². The summed E-state index contributed by atoms with van der Waals surface area (Å²) in [6.07, 6.45) is 14.6. The Morgan fingerprint density at radius 3 is 1.28 bits per heavy atom. The van der Waals surface area contributed by atoms with E-state index in [0.29, 0.717) is 12.8 Å². The van der Waals surface area contributed by atoms with Crippen molar-refractivity contribution >= 4 is 5.97 Å². The van der Waals surface area contributed by atoms with E-state index >= 15 is 0 Å². The summed E-state index contributed by atoms with van der Waals surface area (Å²) in [4.78, 5) is 10.5. The minimum Gasteiger partial charge on any atom is -0.477 e. The lowest BCUT2D eigenvalue weighted by Gasteiger charge is -2.24. The van der Waals surface area contributed by atoms with Gasteiger partial charge < -0.3 is 35.7 Å². The predicted octanol–water partition coefficient (Wildman–Crippen LogP) is 2.95. The fraction of sp³-hybridized carbons (Fsp3) is 0.958. The molecule has 8 nitrogen and oxygen atoms in total. The Morgan fingerprint density at radius 2 is 1.03 bits per heavy atom. The molecule has 0 heterocycles. The van der Waals surface area contributed by atoms with Crippen molar-refractivity contribution < 1.29 is 40.5 Å². The summed E-state index contributed by atoms with van der Waals surface area (Å²) in [5.41, 5.74) is -0.667. The molecule has 0 bridgehead atoms. The zero-order valence-electron chi connectivity index (χ0n) is 20.3. The third kappa shape index (κ3) is 15.9. The molecule has 0 aromatic heterocycles. The van der Waals surface area contributed by atoms with Gasteiger partial charge in [0.15, 0.2) is 0 Å². The zero-order chi connectivity index (χ0) is 24.9. The van der Waals surface area contributed by atoms with E-state index in [1.54, 1.807) is 0 Å². The minimum absolute atomic E-state index is 0.0943. The number of aliphatic hydroxyl groups is 6. The third-order valence-corrected chi connectivity index (χ3v) is 6.12. The fourth-order valence-corrected chi connectivity index (χ4v) is 3.18. The lowest BCUT2D eigenvalue weighted by Crippen LogP contribution is -2.49. The number of carboxylic acid groups (broad SMARTS) is 1. The number of carbonyl (C=O) groups is 1. The van der Waals surface area contributed by atoms with Crippen LogP contribution >= 0.6 is 0 Å². The largest absolute Gasteiger partial charge is 0.477 e. The number of aliphatic carboxylic acids is 1. The summed E-state index contributed by atoms with van der Waals surface area (Å²) in [7, 11) is 0. The molecule has 0 aliphatic heterocycles. The highest BCUT2D eigenvalue weighted by Crippen LogP contribution is 2.18. The molecule has 0 amide bonds. The molecule has 194 valence electrons. The lowest BCUT2D eigenvalue weighted by atomic mass is 9.88. The first-order valence-corrected chi connectivity index (χ1v) is 12.4. The average molecular weight is 467 g/mol. The molecule has 1 atom stereocenters.